The molecule has 0 radical (unpaired) electrons. The number of alkyl halides is 2. The van der Waals surface area contributed by atoms with Crippen molar-refractivity contribution >= 4 is 12.4 Å². The van der Waals surface area contributed by atoms with Crippen molar-refractivity contribution < 1.29 is 13.9 Å². The van der Waals surface area contributed by atoms with E-state index in [1.165, 1.54) is 0 Å². The average molecular weight is 174 g/mol. The third-order valence-corrected chi connectivity index (χ3v) is 1.54. The molecular formula is C5H10ClF2NO. The molecule has 1 fully saturated rings. The minimum absolute atomic E-state index is 0. The number of rotatable bonds is 1. The number of hydrogen-bond donors (Lipinski definition) is 2. The molecule has 1 rings (SSSR count). The summed E-state index contributed by atoms with van der Waals surface area (Å²) in [4.78, 5) is 0. The van der Waals surface area contributed by atoms with Crippen molar-refractivity contribution in [1.82, 2.24) is 0 Å². The molecule has 0 amide bonds. The first-order valence-corrected chi connectivity index (χ1v) is 2.75. The van der Waals surface area contributed by atoms with E-state index in [0.29, 0.717) is 0 Å². The zero-order valence-corrected chi connectivity index (χ0v) is 6.13. The predicted octanol–water partition coefficient (Wildman–Crippen LogP) is 0.527. The molecule has 0 aromatic heterocycles. The molecule has 5 heteroatoms. The molecule has 0 aromatic carbocycles. The molecular weight excluding hydrogens is 164 g/mol. The van der Waals surface area contributed by atoms with Crippen LogP contribution in [0.25, 0.3) is 0 Å². The largest absolute Gasteiger partial charge is 0.394 e. The SMILES string of the molecule is Cl.NC1(CO)CC(F)(F)C1. The third kappa shape index (κ3) is 1.78. The van der Waals surface area contributed by atoms with Crippen LogP contribution in [0.15, 0.2) is 0 Å². The highest BCUT2D eigenvalue weighted by Crippen LogP contribution is 2.43. The van der Waals surface area contributed by atoms with Crippen LogP contribution in [0.1, 0.15) is 12.8 Å². The van der Waals surface area contributed by atoms with Crippen molar-refractivity contribution in [2.24, 2.45) is 5.73 Å². The lowest BCUT2D eigenvalue weighted by molar-refractivity contribution is -0.134. The van der Waals surface area contributed by atoms with Gasteiger partial charge in [0.25, 0.3) is 5.92 Å². The van der Waals surface area contributed by atoms with Crippen LogP contribution in [0.2, 0.25) is 0 Å². The second-order valence-corrected chi connectivity index (χ2v) is 2.73. The van der Waals surface area contributed by atoms with Crippen molar-refractivity contribution in [3.63, 3.8) is 0 Å². The molecule has 2 nitrogen and oxygen atoms in total. The molecule has 0 aromatic rings. The van der Waals surface area contributed by atoms with E-state index in [4.69, 9.17) is 10.8 Å². The van der Waals surface area contributed by atoms with Crippen LogP contribution >= 0.6 is 12.4 Å². The summed E-state index contributed by atoms with van der Waals surface area (Å²) in [6, 6.07) is 0. The normalized spacial score (nSPS) is 26.4. The Morgan fingerprint density at radius 1 is 1.40 bits per heavy atom. The van der Waals surface area contributed by atoms with E-state index in [1.807, 2.05) is 0 Å². The summed E-state index contributed by atoms with van der Waals surface area (Å²) in [5, 5.41) is 8.42. The number of nitrogens with two attached hydrogens (primary N) is 1. The van der Waals surface area contributed by atoms with E-state index in [1.54, 1.807) is 0 Å². The highest BCUT2D eigenvalue weighted by Gasteiger charge is 2.53. The van der Waals surface area contributed by atoms with Crippen molar-refractivity contribution in [1.29, 1.82) is 0 Å². The van der Waals surface area contributed by atoms with Crippen LogP contribution in [0.3, 0.4) is 0 Å². The maximum Gasteiger partial charge on any atom is 0.251 e. The smallest absolute Gasteiger partial charge is 0.251 e. The first kappa shape index (κ1) is 10.1. The van der Waals surface area contributed by atoms with Gasteiger partial charge in [0.15, 0.2) is 0 Å². The number of aliphatic hydroxyl groups is 1. The molecule has 1 aliphatic carbocycles. The van der Waals surface area contributed by atoms with Crippen LogP contribution < -0.4 is 5.73 Å². The molecule has 1 aliphatic rings. The fraction of sp³-hybridized carbons (Fsp3) is 1.00. The molecule has 0 unspecified atom stereocenters. The fourth-order valence-electron chi connectivity index (χ4n) is 1.09. The van der Waals surface area contributed by atoms with Gasteiger partial charge in [0.2, 0.25) is 0 Å². The molecule has 0 spiro atoms. The van der Waals surface area contributed by atoms with Gasteiger partial charge in [-0.15, -0.1) is 12.4 Å². The highest BCUT2D eigenvalue weighted by molar-refractivity contribution is 5.85. The predicted molar refractivity (Wildman–Crippen MR) is 35.4 cm³/mol. The Balaban J connectivity index is 0.000000810. The van der Waals surface area contributed by atoms with Crippen molar-refractivity contribution in [3.8, 4) is 0 Å². The van der Waals surface area contributed by atoms with Gasteiger partial charge in [-0.25, -0.2) is 8.78 Å². The number of hydrogen-bond acceptors (Lipinski definition) is 2. The summed E-state index contributed by atoms with van der Waals surface area (Å²) in [6.07, 6.45) is -0.757. The fourth-order valence-corrected chi connectivity index (χ4v) is 1.09. The van der Waals surface area contributed by atoms with Gasteiger partial charge in [-0.2, -0.15) is 0 Å². The van der Waals surface area contributed by atoms with Gasteiger partial charge in [0, 0.05) is 12.8 Å². The first-order valence-electron chi connectivity index (χ1n) is 2.75. The average Bonchev–Trinajstić information content (AvgIpc) is 1.61. The molecule has 0 saturated heterocycles. The van der Waals surface area contributed by atoms with Crippen LogP contribution in [0.5, 0.6) is 0 Å². The molecule has 0 atom stereocenters. The number of halogens is 3. The monoisotopic (exact) mass is 173 g/mol. The van der Waals surface area contributed by atoms with Gasteiger partial charge in [-0.1, -0.05) is 0 Å². The lowest BCUT2D eigenvalue weighted by Crippen LogP contribution is -2.60. The molecule has 62 valence electrons. The summed E-state index contributed by atoms with van der Waals surface area (Å²) < 4.78 is 24.1. The van der Waals surface area contributed by atoms with Crippen molar-refractivity contribution in [3.05, 3.63) is 0 Å². The third-order valence-electron chi connectivity index (χ3n) is 1.54. The van der Waals surface area contributed by atoms with E-state index < -0.39 is 11.5 Å². The summed E-state index contributed by atoms with van der Waals surface area (Å²) in [5.41, 5.74) is 4.25. The Morgan fingerprint density at radius 2 is 1.80 bits per heavy atom. The Bertz CT molecular complexity index is 123. The lowest BCUT2D eigenvalue weighted by Gasteiger charge is -2.42. The quantitative estimate of drug-likeness (QED) is 0.608. The lowest BCUT2D eigenvalue weighted by atomic mass is 9.75. The van der Waals surface area contributed by atoms with Crippen molar-refractivity contribution in [2.45, 2.75) is 24.3 Å². The van der Waals surface area contributed by atoms with Gasteiger partial charge in [0.1, 0.15) is 0 Å². The minimum atomic E-state index is -2.63. The van der Waals surface area contributed by atoms with Crippen LogP contribution in [0, 0.1) is 0 Å². The second kappa shape index (κ2) is 2.60. The van der Waals surface area contributed by atoms with Gasteiger partial charge in [-0.05, 0) is 0 Å². The minimum Gasteiger partial charge on any atom is -0.394 e. The van der Waals surface area contributed by atoms with E-state index in [2.05, 4.69) is 0 Å². The molecule has 0 bridgehead atoms. The maximum atomic E-state index is 12.0. The Labute approximate surface area is 63.8 Å². The summed E-state index contributed by atoms with van der Waals surface area (Å²) >= 11 is 0. The van der Waals surface area contributed by atoms with Crippen LogP contribution in [-0.2, 0) is 0 Å². The Morgan fingerprint density at radius 3 is 1.90 bits per heavy atom. The molecule has 10 heavy (non-hydrogen) atoms. The van der Waals surface area contributed by atoms with Crippen LogP contribution in [-0.4, -0.2) is 23.2 Å². The Hall–Kier alpha value is 0.0700. The van der Waals surface area contributed by atoms with Gasteiger partial charge in [-0.3, -0.25) is 0 Å². The summed E-state index contributed by atoms with van der Waals surface area (Å²) in [7, 11) is 0. The zero-order chi connectivity index (χ0) is 7.12. The highest BCUT2D eigenvalue weighted by atomic mass is 35.5. The van der Waals surface area contributed by atoms with E-state index in [9.17, 15) is 8.78 Å². The van der Waals surface area contributed by atoms with Gasteiger partial charge < -0.3 is 10.8 Å². The molecule has 0 aliphatic heterocycles. The first-order chi connectivity index (χ1) is 3.97. The van der Waals surface area contributed by atoms with Gasteiger partial charge in [0.05, 0.1) is 12.1 Å². The van der Waals surface area contributed by atoms with E-state index in [-0.39, 0.29) is 31.9 Å². The van der Waals surface area contributed by atoms with E-state index >= 15 is 0 Å². The summed E-state index contributed by atoms with van der Waals surface area (Å²) in [5.74, 6) is -2.63. The molecule has 3 N–H and O–H groups in total. The summed E-state index contributed by atoms with van der Waals surface area (Å²) in [6.45, 7) is -0.345. The maximum absolute atomic E-state index is 12.0. The zero-order valence-electron chi connectivity index (χ0n) is 5.31. The molecule has 0 heterocycles. The second-order valence-electron chi connectivity index (χ2n) is 2.73. The molecule has 1 saturated carbocycles. The van der Waals surface area contributed by atoms with Gasteiger partial charge >= 0.3 is 0 Å². The topological polar surface area (TPSA) is 46.2 Å². The number of aliphatic hydroxyl groups excluding tert-OH is 1. The van der Waals surface area contributed by atoms with Crippen LogP contribution in [0.4, 0.5) is 8.78 Å². The van der Waals surface area contributed by atoms with E-state index in [0.717, 1.165) is 0 Å². The van der Waals surface area contributed by atoms with Crippen molar-refractivity contribution in [2.75, 3.05) is 6.61 Å². The Kier molecular flexibility index (Phi) is 2.62. The standard InChI is InChI=1S/C5H9F2NO.ClH/c6-5(7)1-4(8,2-5)3-9;/h9H,1-3,8H2;1H.